The van der Waals surface area contributed by atoms with Gasteiger partial charge in [0.2, 0.25) is 0 Å². The molecule has 0 spiro atoms. The minimum atomic E-state index is -4.78. The van der Waals surface area contributed by atoms with Crippen LogP contribution in [0.15, 0.2) is 95.5 Å². The first kappa shape index (κ1) is 22.8. The summed E-state index contributed by atoms with van der Waals surface area (Å²) in [5.41, 5.74) is 2.20. The first-order valence-corrected chi connectivity index (χ1v) is 10.2. The van der Waals surface area contributed by atoms with Crippen molar-refractivity contribution in [3.05, 3.63) is 108 Å². The summed E-state index contributed by atoms with van der Waals surface area (Å²) < 4.78 is 52.1. The molecule has 34 heavy (non-hydrogen) atoms. The van der Waals surface area contributed by atoms with Crippen molar-refractivity contribution in [2.24, 2.45) is 0 Å². The smallest absolute Gasteiger partial charge is 0.486 e. The summed E-state index contributed by atoms with van der Waals surface area (Å²) in [7, 11) is 0. The highest BCUT2D eigenvalue weighted by molar-refractivity contribution is 6.06. The predicted octanol–water partition coefficient (Wildman–Crippen LogP) is 6.72. The zero-order chi connectivity index (χ0) is 24.0. The third-order valence-electron chi connectivity index (χ3n) is 4.67. The minimum Gasteiger partial charge on any atom is -0.486 e. The van der Waals surface area contributed by atoms with Crippen molar-refractivity contribution in [1.82, 2.24) is 5.16 Å². The second-order valence-electron chi connectivity index (χ2n) is 7.18. The lowest BCUT2D eigenvalue weighted by atomic mass is 10.1. The maximum atomic E-state index is 12.4. The number of benzene rings is 3. The van der Waals surface area contributed by atoms with E-state index >= 15 is 0 Å². The number of halogens is 3. The van der Waals surface area contributed by atoms with Gasteiger partial charge in [0.25, 0.3) is 0 Å². The number of ketones is 1. The highest BCUT2D eigenvalue weighted by Gasteiger charge is 2.31. The molecule has 5 nitrogen and oxygen atoms in total. The van der Waals surface area contributed by atoms with Crippen molar-refractivity contribution in [3.8, 4) is 22.8 Å². The summed E-state index contributed by atoms with van der Waals surface area (Å²) in [6.45, 7) is 0.0486. The Morgan fingerprint density at radius 1 is 0.912 bits per heavy atom. The molecular weight excluding hydrogens is 447 g/mol. The SMILES string of the molecule is O=C(/C=C/c1ccccc1)c1ccc(OCc2cc(-c3cccc(OC(F)(F)F)c3)no2)cc1. The van der Waals surface area contributed by atoms with Gasteiger partial charge in [0.15, 0.2) is 11.5 Å². The molecule has 0 fully saturated rings. The molecule has 4 rings (SSSR count). The Bertz CT molecular complexity index is 1280. The van der Waals surface area contributed by atoms with Crippen LogP contribution in [0, 0.1) is 0 Å². The molecule has 0 unspecified atom stereocenters. The topological polar surface area (TPSA) is 61.6 Å². The van der Waals surface area contributed by atoms with E-state index in [0.29, 0.717) is 28.3 Å². The van der Waals surface area contributed by atoms with Crippen LogP contribution in [0.4, 0.5) is 13.2 Å². The van der Waals surface area contributed by atoms with Gasteiger partial charge in [0.1, 0.15) is 23.8 Å². The molecule has 0 aliphatic heterocycles. The largest absolute Gasteiger partial charge is 0.573 e. The van der Waals surface area contributed by atoms with Gasteiger partial charge in [-0.2, -0.15) is 0 Å². The van der Waals surface area contributed by atoms with Crippen molar-refractivity contribution in [2.75, 3.05) is 0 Å². The Balaban J connectivity index is 1.34. The minimum absolute atomic E-state index is 0.0486. The summed E-state index contributed by atoms with van der Waals surface area (Å²) in [4.78, 5) is 12.3. The molecule has 3 aromatic carbocycles. The Morgan fingerprint density at radius 3 is 2.41 bits per heavy atom. The summed E-state index contributed by atoms with van der Waals surface area (Å²) in [6, 6.07) is 23.2. The number of rotatable bonds is 8. The van der Waals surface area contributed by atoms with Gasteiger partial charge in [-0.05, 0) is 48.0 Å². The Labute approximate surface area is 193 Å². The number of hydrogen-bond acceptors (Lipinski definition) is 5. The average molecular weight is 465 g/mol. The quantitative estimate of drug-likeness (QED) is 0.214. The van der Waals surface area contributed by atoms with E-state index in [4.69, 9.17) is 9.26 Å². The number of hydrogen-bond donors (Lipinski definition) is 0. The first-order chi connectivity index (χ1) is 16.4. The van der Waals surface area contributed by atoms with Crippen LogP contribution >= 0.6 is 0 Å². The van der Waals surface area contributed by atoms with Crippen LogP contribution in [0.3, 0.4) is 0 Å². The van der Waals surface area contributed by atoms with Gasteiger partial charge in [0, 0.05) is 17.2 Å². The molecule has 0 N–H and O–H groups in total. The van der Waals surface area contributed by atoms with Crippen LogP contribution in [0.2, 0.25) is 0 Å². The molecule has 8 heteroatoms. The van der Waals surface area contributed by atoms with Crippen molar-refractivity contribution >= 4 is 11.9 Å². The van der Waals surface area contributed by atoms with Crippen LogP contribution in [0.25, 0.3) is 17.3 Å². The number of aromatic nitrogens is 1. The molecule has 1 aromatic heterocycles. The first-order valence-electron chi connectivity index (χ1n) is 10.2. The average Bonchev–Trinajstić information content (AvgIpc) is 3.30. The van der Waals surface area contributed by atoms with Gasteiger partial charge in [-0.15, -0.1) is 13.2 Å². The van der Waals surface area contributed by atoms with E-state index in [2.05, 4.69) is 9.89 Å². The van der Waals surface area contributed by atoms with E-state index in [1.54, 1.807) is 42.5 Å². The normalized spacial score (nSPS) is 11.5. The second-order valence-corrected chi connectivity index (χ2v) is 7.18. The summed E-state index contributed by atoms with van der Waals surface area (Å²) in [5, 5.41) is 3.87. The molecule has 0 aliphatic carbocycles. The zero-order valence-electron chi connectivity index (χ0n) is 17.7. The lowest BCUT2D eigenvalue weighted by molar-refractivity contribution is -0.274. The fraction of sp³-hybridized carbons (Fsp3) is 0.0769. The molecular formula is C26H18F3NO4. The third-order valence-corrected chi connectivity index (χ3v) is 4.67. The fourth-order valence-electron chi connectivity index (χ4n) is 3.07. The molecule has 0 radical (unpaired) electrons. The molecule has 0 atom stereocenters. The molecule has 4 aromatic rings. The van der Waals surface area contributed by atoms with Gasteiger partial charge in [-0.3, -0.25) is 4.79 Å². The van der Waals surface area contributed by atoms with Crippen molar-refractivity contribution in [3.63, 3.8) is 0 Å². The molecule has 0 amide bonds. The third kappa shape index (κ3) is 6.35. The van der Waals surface area contributed by atoms with Crippen LogP contribution in [0.1, 0.15) is 21.7 Å². The molecule has 172 valence electrons. The van der Waals surface area contributed by atoms with Crippen molar-refractivity contribution < 1.29 is 32.0 Å². The van der Waals surface area contributed by atoms with Gasteiger partial charge in [0.05, 0.1) is 0 Å². The summed E-state index contributed by atoms with van der Waals surface area (Å²) in [6.07, 6.45) is -1.52. The van der Waals surface area contributed by atoms with Gasteiger partial charge < -0.3 is 14.0 Å². The van der Waals surface area contributed by atoms with Crippen LogP contribution in [-0.4, -0.2) is 17.3 Å². The zero-order valence-corrected chi connectivity index (χ0v) is 17.7. The number of carbonyl (C=O) groups excluding carboxylic acids is 1. The van der Waals surface area contributed by atoms with Crippen LogP contribution in [0.5, 0.6) is 11.5 Å². The van der Waals surface area contributed by atoms with Crippen LogP contribution < -0.4 is 9.47 Å². The number of ether oxygens (including phenoxy) is 2. The number of alkyl halides is 3. The van der Waals surface area contributed by atoms with E-state index in [0.717, 1.165) is 5.56 Å². The predicted molar refractivity (Wildman–Crippen MR) is 119 cm³/mol. The number of carbonyl (C=O) groups is 1. The van der Waals surface area contributed by atoms with Crippen LogP contribution in [-0.2, 0) is 6.61 Å². The number of nitrogens with zero attached hydrogens (tertiary/aromatic N) is 1. The molecule has 1 heterocycles. The lowest BCUT2D eigenvalue weighted by Gasteiger charge is -2.09. The number of allylic oxidation sites excluding steroid dienone is 1. The Kier molecular flexibility index (Phi) is 6.77. The van der Waals surface area contributed by atoms with Crippen molar-refractivity contribution in [1.29, 1.82) is 0 Å². The van der Waals surface area contributed by atoms with E-state index in [-0.39, 0.29) is 18.1 Å². The highest BCUT2D eigenvalue weighted by Crippen LogP contribution is 2.28. The summed E-state index contributed by atoms with van der Waals surface area (Å²) in [5.74, 6) is 0.413. The van der Waals surface area contributed by atoms with Gasteiger partial charge in [-0.25, -0.2) is 0 Å². The second kappa shape index (κ2) is 10.1. The van der Waals surface area contributed by atoms with E-state index < -0.39 is 6.36 Å². The molecule has 0 aliphatic rings. The standard InChI is InChI=1S/C26H18F3NO4/c27-26(28,29)33-22-8-4-7-20(15-22)24-16-23(34-30-24)17-32-21-12-10-19(11-13-21)25(31)14-9-18-5-2-1-3-6-18/h1-16H,17H2/b14-9+. The molecule has 0 bridgehead atoms. The maximum absolute atomic E-state index is 12.4. The highest BCUT2D eigenvalue weighted by atomic mass is 19.4. The van der Waals surface area contributed by atoms with E-state index in [1.165, 1.54) is 24.3 Å². The maximum Gasteiger partial charge on any atom is 0.573 e. The molecule has 0 saturated heterocycles. The van der Waals surface area contributed by atoms with Gasteiger partial charge in [-0.1, -0.05) is 53.7 Å². The summed E-state index contributed by atoms with van der Waals surface area (Å²) >= 11 is 0. The Hall–Kier alpha value is -4.33. The molecule has 0 saturated carbocycles. The monoisotopic (exact) mass is 465 g/mol. The lowest BCUT2D eigenvalue weighted by Crippen LogP contribution is -2.17. The van der Waals surface area contributed by atoms with Gasteiger partial charge >= 0.3 is 6.36 Å². The van der Waals surface area contributed by atoms with E-state index in [9.17, 15) is 18.0 Å². The van der Waals surface area contributed by atoms with E-state index in [1.807, 2.05) is 30.3 Å². The fourth-order valence-corrected chi connectivity index (χ4v) is 3.07. The Morgan fingerprint density at radius 2 is 1.68 bits per heavy atom. The van der Waals surface area contributed by atoms with Crippen molar-refractivity contribution in [2.45, 2.75) is 13.0 Å².